The molecule has 4 heterocycles. The minimum absolute atomic E-state index is 0.0321. The predicted molar refractivity (Wildman–Crippen MR) is 284 cm³/mol. The lowest BCUT2D eigenvalue weighted by Crippen LogP contribution is -2.65. The number of anilines is 3. The number of nitrogens with one attached hydrogen (secondary N) is 2. The summed E-state index contributed by atoms with van der Waals surface area (Å²) in [6.07, 6.45) is -12.6. The Morgan fingerprint density at radius 1 is 0.709 bits per heavy atom. The van der Waals surface area contributed by atoms with E-state index in [-0.39, 0.29) is 55.9 Å². The van der Waals surface area contributed by atoms with Crippen LogP contribution in [0.25, 0.3) is 0 Å². The van der Waals surface area contributed by atoms with E-state index < -0.39 is 77.8 Å². The minimum atomic E-state index is -4.98. The molecule has 19 nitrogen and oxygen atoms in total. The van der Waals surface area contributed by atoms with Crippen molar-refractivity contribution in [3.8, 4) is 17.4 Å². The molecule has 0 spiro atoms. The van der Waals surface area contributed by atoms with E-state index in [2.05, 4.69) is 10.3 Å². The molecule has 416 valence electrons. The van der Waals surface area contributed by atoms with Crippen molar-refractivity contribution < 1.29 is 71.6 Å². The van der Waals surface area contributed by atoms with Crippen LogP contribution in [0.1, 0.15) is 48.8 Å². The fraction of sp³-hybridized carbons (Fsp3) is 0.351. The summed E-state index contributed by atoms with van der Waals surface area (Å²) < 4.78 is 75.0. The van der Waals surface area contributed by atoms with Gasteiger partial charge in [0, 0.05) is 13.1 Å². The van der Waals surface area contributed by atoms with Crippen LogP contribution in [0.15, 0.2) is 145 Å². The Hall–Kier alpha value is -7.54. The van der Waals surface area contributed by atoms with Gasteiger partial charge in [-0.2, -0.15) is 32.6 Å². The fourth-order valence-corrected chi connectivity index (χ4v) is 10.1. The molecule has 2 fully saturated rings. The van der Waals surface area contributed by atoms with E-state index in [0.717, 1.165) is 0 Å². The quantitative estimate of drug-likeness (QED) is 0.0221. The van der Waals surface area contributed by atoms with Gasteiger partial charge in [0.2, 0.25) is 30.4 Å². The Morgan fingerprint density at radius 3 is 1.81 bits per heavy atom. The van der Waals surface area contributed by atoms with E-state index in [1.165, 1.54) is 11.2 Å². The number of hydrogen-bond donors (Lipinski definition) is 6. The number of aliphatic hydroxyl groups excluding tert-OH is 4. The monoisotopic (exact) mass is 1090 g/mol. The number of fused-ring (bicyclic) bond motifs is 1. The van der Waals surface area contributed by atoms with Crippen molar-refractivity contribution in [1.82, 2.24) is 19.8 Å². The molecule has 5 aromatic carbocycles. The largest absolute Gasteiger partial charge is 0.497 e. The van der Waals surface area contributed by atoms with Crippen molar-refractivity contribution in [3.05, 3.63) is 156 Å². The number of methoxy groups -OCH3 is 2. The first kappa shape index (κ1) is 56.2. The molecule has 2 amide bonds. The Labute approximate surface area is 453 Å². The third-order valence-corrected chi connectivity index (χ3v) is 14.2. The summed E-state index contributed by atoms with van der Waals surface area (Å²) in [7, 11) is 3.13. The molecule has 0 saturated carbocycles. The van der Waals surface area contributed by atoms with Gasteiger partial charge in [-0.25, -0.2) is 9.69 Å². The van der Waals surface area contributed by atoms with Crippen molar-refractivity contribution in [2.45, 2.75) is 86.9 Å². The molecule has 2 saturated heterocycles. The first-order valence-corrected chi connectivity index (χ1v) is 25.7. The zero-order valence-corrected chi connectivity index (χ0v) is 43.2. The number of quaternary nitrogens is 1. The van der Waals surface area contributed by atoms with E-state index in [0.29, 0.717) is 58.8 Å². The number of aromatic nitrogens is 2. The van der Waals surface area contributed by atoms with Gasteiger partial charge in [0.1, 0.15) is 35.4 Å². The van der Waals surface area contributed by atoms with Crippen molar-refractivity contribution in [1.29, 1.82) is 0 Å². The van der Waals surface area contributed by atoms with E-state index in [4.69, 9.17) is 38.4 Å². The lowest BCUT2D eigenvalue weighted by atomic mass is 9.80. The molecule has 0 radical (unpaired) electrons. The van der Waals surface area contributed by atoms with E-state index in [1.807, 2.05) is 59.9 Å². The number of rotatable bonds is 22. The number of aliphatic imine (C=N–C) groups is 1. The topological polar surface area (TPSA) is 236 Å². The predicted octanol–water partition coefficient (Wildman–Crippen LogP) is 7.39. The van der Waals surface area contributed by atoms with Crippen molar-refractivity contribution >= 4 is 47.2 Å². The van der Waals surface area contributed by atoms with Crippen LogP contribution in [0.4, 0.5) is 46.8 Å². The molecule has 79 heavy (non-hydrogen) atoms. The van der Waals surface area contributed by atoms with E-state index in [9.17, 15) is 43.2 Å². The highest BCUT2D eigenvalue weighted by atomic mass is 19.4. The highest BCUT2D eigenvalue weighted by molar-refractivity contribution is 5.98. The van der Waals surface area contributed by atoms with Crippen LogP contribution in [0, 0.1) is 0 Å². The Balaban J connectivity index is 1.08. The molecule has 6 aromatic rings. The maximum atomic E-state index is 14.6. The van der Waals surface area contributed by atoms with Crippen molar-refractivity contribution in [2.24, 2.45) is 4.99 Å². The molecule has 3 aliphatic heterocycles. The van der Waals surface area contributed by atoms with Gasteiger partial charge in [-0.1, -0.05) is 104 Å². The summed E-state index contributed by atoms with van der Waals surface area (Å²) >= 11 is 0. The van der Waals surface area contributed by atoms with Crippen molar-refractivity contribution in [2.75, 3.05) is 50.7 Å². The third-order valence-electron chi connectivity index (χ3n) is 14.2. The van der Waals surface area contributed by atoms with Crippen LogP contribution in [0.3, 0.4) is 0 Å². The number of halogens is 3. The number of ether oxygens (including phenoxy) is 6. The first-order valence-electron chi connectivity index (χ1n) is 25.7. The summed E-state index contributed by atoms with van der Waals surface area (Å²) in [5.41, 5.74) is 1.56. The summed E-state index contributed by atoms with van der Waals surface area (Å²) in [5.74, 6) is -1.26. The molecule has 22 heteroatoms. The van der Waals surface area contributed by atoms with Crippen LogP contribution >= 0.6 is 0 Å². The summed E-state index contributed by atoms with van der Waals surface area (Å²) in [6.45, 7) is -0.875. The maximum Gasteiger partial charge on any atom is 0.471 e. The minimum Gasteiger partial charge on any atom is -0.497 e. The lowest BCUT2D eigenvalue weighted by Gasteiger charge is -2.40. The zero-order chi connectivity index (χ0) is 55.7. The van der Waals surface area contributed by atoms with Gasteiger partial charge in [-0.05, 0) is 78.1 Å². The lowest BCUT2D eigenvalue weighted by molar-refractivity contribution is -0.173. The average molecular weight is 1090 g/mol. The standard InChI is InChI=1S/C57H60F3N7O12/c1-74-41-26-22-37(23-27-41)56(36-16-8-5-9-17-36,38-24-28-42(75-2)29-25-38)76-34-45-48(70)49(71)52(78-45)67(46-32-43(69)44(33-68)77-46)35-63-47-50(67)64-54(62-31-15-4-3-14-30-61-53(72)57(58,59)60)65-51(47)79-55(73)66(39-18-10-6-11-19-39)40-20-12-7-13-21-40/h5-13,16-29,35,43-46,48-49,52,68-71H,3-4,14-15,30-34H2,1-2H3,(H-,61,62,64,65,72)/p+1/t43-,44+,45+,46-,48+,49+,52+,67?/m0/s1. The number of para-hydroxylation sites is 2. The van der Waals surface area contributed by atoms with Crippen LogP contribution in [-0.4, -0.2) is 138 Å². The number of carbonyl (C=O) groups is 2. The molecular formula is C57H61F3N7O12+. The van der Waals surface area contributed by atoms with Crippen LogP contribution in [0.5, 0.6) is 17.4 Å². The number of carbonyl (C=O) groups excluding carboxylic acids is 2. The number of benzene rings is 5. The van der Waals surface area contributed by atoms with Crippen LogP contribution in [0.2, 0.25) is 0 Å². The zero-order valence-electron chi connectivity index (χ0n) is 43.2. The molecular weight excluding hydrogens is 1030 g/mol. The van der Waals surface area contributed by atoms with Crippen molar-refractivity contribution in [3.63, 3.8) is 0 Å². The molecule has 9 rings (SSSR count). The molecule has 3 aliphatic rings. The molecule has 8 atom stereocenters. The maximum absolute atomic E-state index is 14.6. The van der Waals surface area contributed by atoms with Gasteiger partial charge >= 0.3 is 18.2 Å². The van der Waals surface area contributed by atoms with Crippen LogP contribution < -0.4 is 34.2 Å². The summed E-state index contributed by atoms with van der Waals surface area (Å²) in [4.78, 5) is 41.6. The van der Waals surface area contributed by atoms with Gasteiger partial charge in [0.05, 0.1) is 51.3 Å². The SMILES string of the molecule is COc1ccc(C(OC[C@H]2O[C@@H]([N+]3([C@@H]4C[C@H](O)[C@@H](CO)O4)C=Nc4c(OC(=O)N(c5ccccc5)c5ccccc5)nc(NCCCCCCNC(=O)C(F)(F)F)nc43)[C@H](O)[C@@H]2O)(c2ccccc2)c2ccc(OC)cc2)cc1. The van der Waals surface area contributed by atoms with Crippen LogP contribution in [-0.2, 0) is 24.6 Å². The Kier molecular flexibility index (Phi) is 17.5. The first-order chi connectivity index (χ1) is 38.2. The summed E-state index contributed by atoms with van der Waals surface area (Å²) in [5, 5.41) is 51.4. The van der Waals surface area contributed by atoms with Gasteiger partial charge in [-0.15, -0.1) is 0 Å². The smallest absolute Gasteiger partial charge is 0.471 e. The number of alkyl halides is 3. The average Bonchev–Trinajstić information content (AvgIpc) is 4.18. The number of unbranched alkanes of at least 4 members (excludes halogenated alkanes) is 3. The number of nitrogens with zero attached hydrogens (tertiary/aromatic N) is 5. The van der Waals surface area contributed by atoms with Gasteiger partial charge in [0.25, 0.3) is 11.7 Å². The number of aliphatic hydroxyl groups is 4. The summed E-state index contributed by atoms with van der Waals surface area (Å²) in [6, 6.07) is 41.7. The van der Waals surface area contributed by atoms with Gasteiger partial charge < -0.3 is 59.5 Å². The highest BCUT2D eigenvalue weighted by Gasteiger charge is 2.64. The Morgan fingerprint density at radius 2 is 1.27 bits per heavy atom. The fourth-order valence-electron chi connectivity index (χ4n) is 10.1. The number of amides is 2. The molecule has 0 aliphatic carbocycles. The van der Waals surface area contributed by atoms with E-state index >= 15 is 0 Å². The Bertz CT molecular complexity index is 2940. The second kappa shape index (κ2) is 24.6. The second-order valence-corrected chi connectivity index (χ2v) is 19.0. The highest BCUT2D eigenvalue weighted by Crippen LogP contribution is 2.51. The molecule has 6 N–H and O–H groups in total. The number of hydrogen-bond acceptors (Lipinski definition) is 16. The molecule has 1 aromatic heterocycles. The molecule has 1 unspecified atom stereocenters. The van der Waals surface area contributed by atoms with E-state index in [1.54, 1.807) is 99.1 Å². The van der Waals surface area contributed by atoms with Gasteiger partial charge in [0.15, 0.2) is 6.10 Å². The molecule has 0 bridgehead atoms. The normalized spacial score (nSPS) is 22.5. The van der Waals surface area contributed by atoms with Gasteiger partial charge in [-0.3, -0.25) is 4.79 Å². The third kappa shape index (κ3) is 11.8. The second-order valence-electron chi connectivity index (χ2n) is 19.0.